The smallest absolute Gasteiger partial charge is 0.235 e. The third kappa shape index (κ3) is 5.74. The third-order valence-electron chi connectivity index (χ3n) is 2.87. The first-order chi connectivity index (χ1) is 11.0. The van der Waals surface area contributed by atoms with Crippen molar-refractivity contribution in [3.8, 4) is 0 Å². The van der Waals surface area contributed by atoms with Crippen molar-refractivity contribution in [2.75, 3.05) is 16.8 Å². The number of pyridine rings is 1. The first kappa shape index (κ1) is 17.0. The van der Waals surface area contributed by atoms with Crippen LogP contribution in [0.15, 0.2) is 35.0 Å². The number of anilines is 1. The van der Waals surface area contributed by atoms with Crippen LogP contribution in [0.1, 0.15) is 24.4 Å². The van der Waals surface area contributed by atoms with E-state index in [0.717, 1.165) is 5.69 Å². The second kappa shape index (κ2) is 8.33. The van der Waals surface area contributed by atoms with Gasteiger partial charge in [0.1, 0.15) is 5.76 Å². The molecule has 0 aliphatic carbocycles. The van der Waals surface area contributed by atoms with E-state index in [1.54, 1.807) is 19.2 Å². The largest absolute Gasteiger partial charge is 0.360 e. The summed E-state index contributed by atoms with van der Waals surface area (Å²) in [6.07, 6.45) is 1.68. The van der Waals surface area contributed by atoms with Crippen LogP contribution in [0.3, 0.4) is 0 Å². The van der Waals surface area contributed by atoms with Crippen LogP contribution < -0.4 is 10.6 Å². The summed E-state index contributed by atoms with van der Waals surface area (Å²) in [7, 11) is 0. The van der Waals surface area contributed by atoms with Gasteiger partial charge in [0.2, 0.25) is 11.8 Å². The van der Waals surface area contributed by atoms with Gasteiger partial charge < -0.3 is 15.2 Å². The third-order valence-corrected chi connectivity index (χ3v) is 3.80. The minimum Gasteiger partial charge on any atom is -0.360 e. The van der Waals surface area contributed by atoms with Crippen LogP contribution in [-0.4, -0.2) is 33.5 Å². The summed E-state index contributed by atoms with van der Waals surface area (Å²) in [4.78, 5) is 27.7. The molecule has 0 bridgehead atoms. The molecule has 2 aromatic heterocycles. The molecule has 0 saturated carbocycles. The fraction of sp³-hybridized carbons (Fsp3) is 0.333. The average molecular weight is 334 g/mol. The summed E-state index contributed by atoms with van der Waals surface area (Å²) in [6.45, 7) is 3.61. The summed E-state index contributed by atoms with van der Waals surface area (Å²) in [5, 5.41) is 9.11. The fourth-order valence-electron chi connectivity index (χ4n) is 1.83. The predicted molar refractivity (Wildman–Crippen MR) is 88.0 cm³/mol. The highest BCUT2D eigenvalue weighted by Gasteiger charge is 2.12. The standard InChI is InChI=1S/C15H18N4O3S/c1-10-7-13(19-22-10)18-15(21)9-23-8-14(20)17-11(2)12-5-3-4-6-16-12/h3-7,11H,8-9H2,1-2H3,(H,17,20)(H,18,19,21)/t11-/m0/s1. The molecular formula is C15H18N4O3S. The molecule has 0 radical (unpaired) electrons. The molecule has 122 valence electrons. The lowest BCUT2D eigenvalue weighted by atomic mass is 10.2. The quantitative estimate of drug-likeness (QED) is 0.803. The molecule has 7 nitrogen and oxygen atoms in total. The number of hydrogen-bond acceptors (Lipinski definition) is 6. The van der Waals surface area contributed by atoms with Crippen LogP contribution in [0.5, 0.6) is 0 Å². The summed E-state index contributed by atoms with van der Waals surface area (Å²) in [6, 6.07) is 7.00. The molecule has 0 aromatic carbocycles. The molecule has 0 fully saturated rings. The van der Waals surface area contributed by atoms with E-state index < -0.39 is 0 Å². The number of carbonyl (C=O) groups excluding carboxylic acids is 2. The number of rotatable bonds is 7. The van der Waals surface area contributed by atoms with Gasteiger partial charge in [0.05, 0.1) is 23.2 Å². The molecule has 23 heavy (non-hydrogen) atoms. The highest BCUT2D eigenvalue weighted by atomic mass is 32.2. The Bertz CT molecular complexity index is 660. The van der Waals surface area contributed by atoms with Gasteiger partial charge in [-0.15, -0.1) is 11.8 Å². The molecule has 2 rings (SSSR count). The van der Waals surface area contributed by atoms with Crippen LogP contribution in [0.4, 0.5) is 5.82 Å². The highest BCUT2D eigenvalue weighted by molar-refractivity contribution is 8.00. The number of hydrogen-bond donors (Lipinski definition) is 2. The minimum absolute atomic E-state index is 0.141. The van der Waals surface area contributed by atoms with Crippen LogP contribution in [-0.2, 0) is 9.59 Å². The molecule has 2 heterocycles. The van der Waals surface area contributed by atoms with Crippen LogP contribution in [0, 0.1) is 6.92 Å². The second-order valence-corrected chi connectivity index (χ2v) is 5.89. The number of aromatic nitrogens is 2. The number of carbonyl (C=O) groups is 2. The molecule has 8 heteroatoms. The van der Waals surface area contributed by atoms with E-state index in [1.165, 1.54) is 11.8 Å². The maximum Gasteiger partial charge on any atom is 0.235 e. The zero-order valence-corrected chi connectivity index (χ0v) is 13.7. The number of nitrogens with zero attached hydrogens (tertiary/aromatic N) is 2. The predicted octanol–water partition coefficient (Wildman–Crippen LogP) is 1.93. The van der Waals surface area contributed by atoms with E-state index in [-0.39, 0.29) is 29.4 Å². The van der Waals surface area contributed by atoms with Crippen LogP contribution in [0.25, 0.3) is 0 Å². The highest BCUT2D eigenvalue weighted by Crippen LogP contribution is 2.10. The van der Waals surface area contributed by atoms with Gasteiger partial charge in [0, 0.05) is 12.3 Å². The van der Waals surface area contributed by atoms with Crippen molar-refractivity contribution in [2.24, 2.45) is 0 Å². The molecule has 0 spiro atoms. The zero-order valence-electron chi connectivity index (χ0n) is 12.9. The molecule has 0 saturated heterocycles. The van der Waals surface area contributed by atoms with Gasteiger partial charge in [-0.2, -0.15) is 0 Å². The van der Waals surface area contributed by atoms with Crippen molar-refractivity contribution in [1.82, 2.24) is 15.5 Å². The maximum atomic E-state index is 11.9. The summed E-state index contributed by atoms with van der Waals surface area (Å²) in [5.74, 6) is 0.990. The Morgan fingerprint density at radius 2 is 2.09 bits per heavy atom. The van der Waals surface area contributed by atoms with Crippen LogP contribution >= 0.6 is 11.8 Å². The Kier molecular flexibility index (Phi) is 6.16. The number of aryl methyl sites for hydroxylation is 1. The summed E-state index contributed by atoms with van der Waals surface area (Å²) in [5.41, 5.74) is 0.796. The Hall–Kier alpha value is -2.35. The van der Waals surface area contributed by atoms with E-state index in [0.29, 0.717) is 11.6 Å². The molecule has 0 aliphatic heterocycles. The molecule has 1 atom stereocenters. The lowest BCUT2D eigenvalue weighted by Gasteiger charge is -2.12. The molecule has 0 unspecified atom stereocenters. The number of amides is 2. The fourth-order valence-corrected chi connectivity index (χ4v) is 2.46. The van der Waals surface area contributed by atoms with Gasteiger partial charge in [0.25, 0.3) is 0 Å². The van der Waals surface area contributed by atoms with Gasteiger partial charge >= 0.3 is 0 Å². The summed E-state index contributed by atoms with van der Waals surface area (Å²) >= 11 is 1.23. The minimum atomic E-state index is -0.228. The van der Waals surface area contributed by atoms with Gasteiger partial charge in [-0.25, -0.2) is 0 Å². The van der Waals surface area contributed by atoms with E-state index in [4.69, 9.17) is 4.52 Å². The molecule has 2 amide bonds. The zero-order chi connectivity index (χ0) is 16.7. The molecule has 2 aromatic rings. The monoisotopic (exact) mass is 334 g/mol. The first-order valence-corrected chi connectivity index (χ1v) is 8.21. The Morgan fingerprint density at radius 1 is 1.30 bits per heavy atom. The van der Waals surface area contributed by atoms with Gasteiger partial charge in [-0.1, -0.05) is 11.2 Å². The van der Waals surface area contributed by atoms with Crippen molar-refractivity contribution < 1.29 is 14.1 Å². The van der Waals surface area contributed by atoms with Crippen molar-refractivity contribution >= 4 is 29.4 Å². The Balaban J connectivity index is 1.67. The van der Waals surface area contributed by atoms with Crippen LogP contribution in [0.2, 0.25) is 0 Å². The normalized spacial score (nSPS) is 11.7. The first-order valence-electron chi connectivity index (χ1n) is 7.06. The molecule has 0 aliphatic rings. The lowest BCUT2D eigenvalue weighted by Crippen LogP contribution is -2.29. The average Bonchev–Trinajstić information content (AvgIpc) is 2.93. The topological polar surface area (TPSA) is 97.1 Å². The van der Waals surface area contributed by atoms with E-state index in [1.807, 2.05) is 25.1 Å². The van der Waals surface area contributed by atoms with E-state index in [2.05, 4.69) is 20.8 Å². The lowest BCUT2D eigenvalue weighted by molar-refractivity contribution is -0.119. The van der Waals surface area contributed by atoms with Crippen molar-refractivity contribution in [2.45, 2.75) is 19.9 Å². The van der Waals surface area contributed by atoms with E-state index in [9.17, 15) is 9.59 Å². The van der Waals surface area contributed by atoms with Crippen molar-refractivity contribution in [1.29, 1.82) is 0 Å². The van der Waals surface area contributed by atoms with Crippen molar-refractivity contribution in [3.05, 3.63) is 41.9 Å². The van der Waals surface area contributed by atoms with Crippen molar-refractivity contribution in [3.63, 3.8) is 0 Å². The molecular weight excluding hydrogens is 316 g/mol. The van der Waals surface area contributed by atoms with E-state index >= 15 is 0 Å². The van der Waals surface area contributed by atoms with Gasteiger partial charge in [-0.05, 0) is 26.0 Å². The number of thioether (sulfide) groups is 1. The van der Waals surface area contributed by atoms with Gasteiger partial charge in [-0.3, -0.25) is 14.6 Å². The Labute approximate surface area is 138 Å². The maximum absolute atomic E-state index is 11.9. The molecule has 2 N–H and O–H groups in total. The number of nitrogens with one attached hydrogen (secondary N) is 2. The Morgan fingerprint density at radius 3 is 2.74 bits per heavy atom. The summed E-state index contributed by atoms with van der Waals surface area (Å²) < 4.78 is 4.85. The van der Waals surface area contributed by atoms with Gasteiger partial charge in [0.15, 0.2) is 5.82 Å². The second-order valence-electron chi connectivity index (χ2n) is 4.91. The SMILES string of the molecule is Cc1cc(NC(=O)CSCC(=O)N[C@@H](C)c2ccccn2)no1.